The van der Waals surface area contributed by atoms with Crippen LogP contribution in [-0.4, -0.2) is 11.3 Å². The quantitative estimate of drug-likeness (QED) is 0.816. The first-order valence-corrected chi connectivity index (χ1v) is 4.91. The fourth-order valence-electron chi connectivity index (χ4n) is 1.39. The summed E-state index contributed by atoms with van der Waals surface area (Å²) in [4.78, 5) is 0. The van der Waals surface area contributed by atoms with Crippen LogP contribution in [-0.2, 0) is 0 Å². The summed E-state index contributed by atoms with van der Waals surface area (Å²) < 4.78 is 61.8. The summed E-state index contributed by atoms with van der Waals surface area (Å²) >= 11 is 0. The number of aliphatic hydroxyl groups is 1. The zero-order valence-corrected chi connectivity index (χ0v) is 8.98. The Hall–Kier alpha value is -1.17. The molecule has 0 saturated heterocycles. The van der Waals surface area contributed by atoms with Crippen molar-refractivity contribution in [2.45, 2.75) is 32.0 Å². The fraction of sp³-hybridized carbons (Fsp3) is 0.455. The highest BCUT2D eigenvalue weighted by molar-refractivity contribution is 5.27. The van der Waals surface area contributed by atoms with Crippen molar-refractivity contribution in [3.63, 3.8) is 0 Å². The molecule has 0 amide bonds. The lowest BCUT2D eigenvalue weighted by Gasteiger charge is -2.14. The molecule has 1 aromatic carbocycles. The molecule has 1 rings (SSSR count). The highest BCUT2D eigenvalue weighted by Gasteiger charge is 2.29. The van der Waals surface area contributed by atoms with Crippen LogP contribution in [0.1, 0.15) is 30.1 Å². The van der Waals surface area contributed by atoms with Crippen molar-refractivity contribution in [1.82, 2.24) is 0 Å². The van der Waals surface area contributed by atoms with Gasteiger partial charge in [-0.05, 0) is 25.0 Å². The van der Waals surface area contributed by atoms with Crippen LogP contribution in [0.2, 0.25) is 0 Å². The van der Waals surface area contributed by atoms with E-state index in [0.29, 0.717) is 6.07 Å². The van der Waals surface area contributed by atoms with E-state index in [9.17, 15) is 27.1 Å². The van der Waals surface area contributed by atoms with E-state index in [1.165, 1.54) is 6.92 Å². The zero-order chi connectivity index (χ0) is 13.2. The van der Waals surface area contributed by atoms with Gasteiger partial charge < -0.3 is 5.11 Å². The first-order valence-electron chi connectivity index (χ1n) is 4.91. The van der Waals surface area contributed by atoms with Crippen molar-refractivity contribution in [2.75, 3.05) is 0 Å². The van der Waals surface area contributed by atoms with Gasteiger partial charge in [-0.3, -0.25) is 0 Å². The van der Waals surface area contributed by atoms with E-state index in [-0.39, 0.29) is 11.1 Å². The average molecular weight is 254 g/mol. The fourth-order valence-corrected chi connectivity index (χ4v) is 1.39. The molecule has 17 heavy (non-hydrogen) atoms. The minimum absolute atomic E-state index is 0.0764. The molecule has 0 aliphatic carbocycles. The lowest BCUT2D eigenvalue weighted by Crippen LogP contribution is -2.11. The summed E-state index contributed by atoms with van der Waals surface area (Å²) in [6.45, 7) is 1.34. The number of hydrogen-bond acceptors (Lipinski definition) is 1. The molecule has 0 aromatic heterocycles. The van der Waals surface area contributed by atoms with E-state index < -0.39 is 36.8 Å². The summed E-state index contributed by atoms with van der Waals surface area (Å²) in [7, 11) is 0. The molecule has 0 aliphatic heterocycles. The van der Waals surface area contributed by atoms with Crippen LogP contribution < -0.4 is 0 Å². The van der Waals surface area contributed by atoms with Crippen molar-refractivity contribution < 1.29 is 27.1 Å². The highest BCUT2D eigenvalue weighted by atomic mass is 19.4. The van der Waals surface area contributed by atoms with E-state index in [0.717, 1.165) is 6.07 Å². The van der Waals surface area contributed by atoms with Gasteiger partial charge in [-0.1, -0.05) is 0 Å². The number of rotatable bonds is 3. The van der Waals surface area contributed by atoms with Crippen LogP contribution in [0.15, 0.2) is 12.1 Å². The van der Waals surface area contributed by atoms with E-state index in [4.69, 9.17) is 0 Å². The molecule has 6 heteroatoms. The molecule has 0 radical (unpaired) electrons. The molecule has 0 spiro atoms. The van der Waals surface area contributed by atoms with Crippen molar-refractivity contribution >= 4 is 0 Å². The van der Waals surface area contributed by atoms with E-state index in [1.807, 2.05) is 0 Å². The molecule has 0 bridgehead atoms. The van der Waals surface area contributed by atoms with Crippen molar-refractivity contribution in [3.05, 3.63) is 34.9 Å². The second kappa shape index (κ2) is 5.00. The Balaban J connectivity index is 2.82. The van der Waals surface area contributed by atoms with Gasteiger partial charge in [0.2, 0.25) is 0 Å². The Labute approximate surface area is 94.9 Å². The molecule has 0 aliphatic rings. The van der Waals surface area contributed by atoms with Gasteiger partial charge in [-0.2, -0.15) is 13.2 Å². The molecule has 0 saturated carbocycles. The normalized spacial score (nSPS) is 13.8. The number of halogens is 5. The highest BCUT2D eigenvalue weighted by Crippen LogP contribution is 2.29. The lowest BCUT2D eigenvalue weighted by atomic mass is 10.0. The zero-order valence-electron chi connectivity index (χ0n) is 8.98. The average Bonchev–Trinajstić information content (AvgIpc) is 2.19. The predicted octanol–water partition coefficient (Wildman–Crippen LogP) is 3.65. The minimum atomic E-state index is -4.41. The Bertz CT molecular complexity index is 400. The number of benzene rings is 1. The van der Waals surface area contributed by atoms with E-state index in [2.05, 4.69) is 0 Å². The molecule has 1 atom stereocenters. The lowest BCUT2D eigenvalue weighted by molar-refractivity contribution is -0.140. The molecule has 1 nitrogen and oxygen atoms in total. The Morgan fingerprint density at radius 1 is 1.18 bits per heavy atom. The molecule has 1 aromatic rings. The third-order valence-corrected chi connectivity index (χ3v) is 2.34. The molecular weight excluding hydrogens is 243 g/mol. The van der Waals surface area contributed by atoms with Gasteiger partial charge in [-0.25, -0.2) is 8.78 Å². The maximum atomic E-state index is 13.2. The number of hydrogen-bond donors (Lipinski definition) is 1. The molecule has 96 valence electrons. The van der Waals surface area contributed by atoms with E-state index in [1.54, 1.807) is 0 Å². The van der Waals surface area contributed by atoms with Gasteiger partial charge >= 0.3 is 6.18 Å². The van der Waals surface area contributed by atoms with Crippen molar-refractivity contribution in [2.24, 2.45) is 0 Å². The minimum Gasteiger partial charge on any atom is -0.388 e. The van der Waals surface area contributed by atoms with Gasteiger partial charge in [0.1, 0.15) is 11.6 Å². The molecule has 0 heterocycles. The predicted molar refractivity (Wildman–Crippen MR) is 51.3 cm³/mol. The maximum absolute atomic E-state index is 13.2. The Morgan fingerprint density at radius 2 is 1.76 bits per heavy atom. The Kier molecular flexibility index (Phi) is 4.08. The third-order valence-electron chi connectivity index (χ3n) is 2.34. The van der Waals surface area contributed by atoms with Crippen LogP contribution in [0.4, 0.5) is 22.0 Å². The monoisotopic (exact) mass is 254 g/mol. The molecular formula is C11H11F5O. The number of aryl methyl sites for hydroxylation is 1. The Morgan fingerprint density at radius 3 is 2.29 bits per heavy atom. The SMILES string of the molecule is Cc1cc(C(O)CCC(F)(F)F)c(F)cc1F. The largest absolute Gasteiger partial charge is 0.389 e. The summed E-state index contributed by atoms with van der Waals surface area (Å²) in [6, 6.07) is 1.58. The van der Waals surface area contributed by atoms with Crippen LogP contribution in [0.25, 0.3) is 0 Å². The van der Waals surface area contributed by atoms with Crippen LogP contribution in [0.5, 0.6) is 0 Å². The number of alkyl halides is 3. The second-order valence-electron chi connectivity index (χ2n) is 3.79. The van der Waals surface area contributed by atoms with Gasteiger partial charge in [-0.15, -0.1) is 0 Å². The van der Waals surface area contributed by atoms with E-state index >= 15 is 0 Å². The van der Waals surface area contributed by atoms with Crippen LogP contribution >= 0.6 is 0 Å². The smallest absolute Gasteiger partial charge is 0.388 e. The molecule has 1 unspecified atom stereocenters. The van der Waals surface area contributed by atoms with Crippen molar-refractivity contribution in [1.29, 1.82) is 0 Å². The van der Waals surface area contributed by atoms with Crippen LogP contribution in [0.3, 0.4) is 0 Å². The van der Waals surface area contributed by atoms with Crippen molar-refractivity contribution in [3.8, 4) is 0 Å². The molecule has 1 N–H and O–H groups in total. The van der Waals surface area contributed by atoms with Gasteiger partial charge in [0.25, 0.3) is 0 Å². The summed E-state index contributed by atoms with van der Waals surface area (Å²) in [5.41, 5.74) is -0.236. The first-order chi connectivity index (χ1) is 7.70. The first kappa shape index (κ1) is 13.9. The van der Waals surface area contributed by atoms with Gasteiger partial charge in [0, 0.05) is 18.1 Å². The van der Waals surface area contributed by atoms with Gasteiger partial charge in [0.05, 0.1) is 6.10 Å². The molecule has 0 fully saturated rings. The summed E-state index contributed by atoms with van der Waals surface area (Å²) in [6.07, 6.45) is -7.86. The summed E-state index contributed by atoms with van der Waals surface area (Å²) in [5.74, 6) is -1.84. The maximum Gasteiger partial charge on any atom is 0.389 e. The van der Waals surface area contributed by atoms with Gasteiger partial charge in [0.15, 0.2) is 0 Å². The third kappa shape index (κ3) is 3.96. The van der Waals surface area contributed by atoms with Crippen LogP contribution in [0, 0.1) is 18.6 Å². The second-order valence-corrected chi connectivity index (χ2v) is 3.79. The standard InChI is InChI=1S/C11H11F5O/c1-6-4-7(9(13)5-8(6)12)10(17)2-3-11(14,15)16/h4-5,10,17H,2-3H2,1H3. The summed E-state index contributed by atoms with van der Waals surface area (Å²) in [5, 5.41) is 9.42. The topological polar surface area (TPSA) is 20.2 Å². The number of aliphatic hydroxyl groups excluding tert-OH is 1.